The molecule has 3 aromatic carbocycles. The lowest BCUT2D eigenvalue weighted by molar-refractivity contribution is 0.0491. The van der Waals surface area contributed by atoms with E-state index in [-0.39, 0.29) is 5.41 Å². The Balaban J connectivity index is 1.56. The van der Waals surface area contributed by atoms with Crippen LogP contribution in [-0.4, -0.2) is 62.6 Å². The summed E-state index contributed by atoms with van der Waals surface area (Å²) in [5, 5.41) is 0. The molecule has 0 unspecified atom stereocenters. The highest BCUT2D eigenvalue weighted by Gasteiger charge is 2.42. The van der Waals surface area contributed by atoms with Gasteiger partial charge in [-0.2, -0.15) is 8.75 Å². The maximum Gasteiger partial charge on any atom is 0.112 e. The number of rotatable bonds is 13. The molecule has 5 rings (SSSR count). The fourth-order valence-corrected chi connectivity index (χ4v) is 5.86. The van der Waals surface area contributed by atoms with Gasteiger partial charge < -0.3 is 18.9 Å². The summed E-state index contributed by atoms with van der Waals surface area (Å²) in [7, 11) is 3.40. The molecule has 7 heteroatoms. The van der Waals surface area contributed by atoms with Crippen molar-refractivity contribution in [3.63, 3.8) is 0 Å². The van der Waals surface area contributed by atoms with E-state index in [0.717, 1.165) is 35.0 Å². The summed E-state index contributed by atoms with van der Waals surface area (Å²) >= 11 is 1.26. The van der Waals surface area contributed by atoms with E-state index in [4.69, 9.17) is 18.9 Å². The number of fused-ring (bicyclic) bond motifs is 4. The monoisotopic (exact) mass is 504 g/mol. The summed E-state index contributed by atoms with van der Waals surface area (Å²) in [5.74, 6) is 0. The van der Waals surface area contributed by atoms with Crippen molar-refractivity contribution in [3.8, 4) is 22.3 Å². The van der Waals surface area contributed by atoms with Crippen molar-refractivity contribution in [2.45, 2.75) is 18.3 Å². The quantitative estimate of drug-likeness (QED) is 0.217. The summed E-state index contributed by atoms with van der Waals surface area (Å²) < 4.78 is 31.4. The van der Waals surface area contributed by atoms with Gasteiger partial charge in [0.05, 0.1) is 38.2 Å². The smallest absolute Gasteiger partial charge is 0.112 e. The Bertz CT molecular complexity index is 1290. The number of hydrogen-bond acceptors (Lipinski definition) is 7. The van der Waals surface area contributed by atoms with Crippen LogP contribution in [0.15, 0.2) is 60.7 Å². The Kier molecular flexibility index (Phi) is 8.04. The zero-order valence-electron chi connectivity index (χ0n) is 20.9. The van der Waals surface area contributed by atoms with Gasteiger partial charge in [-0.15, -0.1) is 0 Å². The van der Waals surface area contributed by atoms with E-state index >= 15 is 0 Å². The molecule has 4 aromatic rings. The predicted octanol–water partition coefficient (Wildman–Crippen LogP) is 5.73. The van der Waals surface area contributed by atoms with Gasteiger partial charge in [-0.05, 0) is 52.8 Å². The minimum Gasteiger partial charge on any atom is -0.382 e. The Morgan fingerprint density at radius 1 is 0.667 bits per heavy atom. The molecule has 0 bridgehead atoms. The highest BCUT2D eigenvalue weighted by atomic mass is 32.1. The normalized spacial score (nSPS) is 13.7. The second-order valence-electron chi connectivity index (χ2n) is 9.04. The van der Waals surface area contributed by atoms with Crippen LogP contribution >= 0.6 is 11.7 Å². The third-order valence-electron chi connectivity index (χ3n) is 7.07. The molecule has 0 saturated heterocycles. The van der Waals surface area contributed by atoms with Crippen LogP contribution in [0.5, 0.6) is 0 Å². The predicted molar refractivity (Wildman–Crippen MR) is 144 cm³/mol. The Morgan fingerprint density at radius 2 is 1.36 bits per heavy atom. The van der Waals surface area contributed by atoms with Crippen LogP contribution in [0.25, 0.3) is 33.3 Å². The van der Waals surface area contributed by atoms with Crippen molar-refractivity contribution in [3.05, 3.63) is 71.8 Å². The number of benzene rings is 3. The van der Waals surface area contributed by atoms with Gasteiger partial charge in [0.25, 0.3) is 0 Å². The van der Waals surface area contributed by atoms with Gasteiger partial charge in [0, 0.05) is 38.4 Å². The Labute approximate surface area is 216 Å². The fourth-order valence-electron chi connectivity index (χ4n) is 5.31. The molecule has 0 spiro atoms. The molecular weight excluding hydrogens is 472 g/mol. The van der Waals surface area contributed by atoms with Crippen molar-refractivity contribution in [1.29, 1.82) is 0 Å². The zero-order valence-corrected chi connectivity index (χ0v) is 21.7. The van der Waals surface area contributed by atoms with Crippen LogP contribution in [0, 0.1) is 0 Å². The standard InChI is InChI=1S/C29H32N2O4S/c1-32-16-18-34-14-12-29(13-15-35-19-17-33-2)25-8-4-3-6-23(25)24-11-10-21(20-26(24)29)22-7-5-9-27-28(22)31-36-30-27/h3-11,20H,12-19H2,1-2H3. The molecule has 1 aliphatic rings. The molecular formula is C29H32N2O4S. The van der Waals surface area contributed by atoms with Crippen LogP contribution in [0.1, 0.15) is 24.0 Å². The van der Waals surface area contributed by atoms with Crippen molar-refractivity contribution < 1.29 is 18.9 Å². The molecule has 6 nitrogen and oxygen atoms in total. The minimum absolute atomic E-state index is 0.212. The molecule has 0 saturated carbocycles. The topological polar surface area (TPSA) is 62.7 Å². The van der Waals surface area contributed by atoms with Crippen LogP contribution in [0.3, 0.4) is 0 Å². The molecule has 188 valence electrons. The second kappa shape index (κ2) is 11.6. The lowest BCUT2D eigenvalue weighted by atomic mass is 9.72. The first-order valence-corrected chi connectivity index (χ1v) is 13.1. The molecule has 0 atom stereocenters. The van der Waals surface area contributed by atoms with E-state index in [0.29, 0.717) is 39.6 Å². The molecule has 0 fully saturated rings. The van der Waals surface area contributed by atoms with Gasteiger partial charge in [-0.25, -0.2) is 0 Å². The van der Waals surface area contributed by atoms with E-state index in [2.05, 4.69) is 63.3 Å². The highest BCUT2D eigenvalue weighted by Crippen LogP contribution is 2.53. The third kappa shape index (κ3) is 4.82. The number of methoxy groups -OCH3 is 2. The number of nitrogens with zero attached hydrogens (tertiary/aromatic N) is 2. The summed E-state index contributed by atoms with van der Waals surface area (Å²) in [6.45, 7) is 3.65. The van der Waals surface area contributed by atoms with Gasteiger partial charge in [-0.1, -0.05) is 48.5 Å². The second-order valence-corrected chi connectivity index (χ2v) is 9.56. The summed E-state index contributed by atoms with van der Waals surface area (Å²) in [4.78, 5) is 0. The molecule has 1 aliphatic carbocycles. The molecule has 36 heavy (non-hydrogen) atoms. The molecule has 1 aromatic heterocycles. The van der Waals surface area contributed by atoms with E-state index in [9.17, 15) is 0 Å². The van der Waals surface area contributed by atoms with Gasteiger partial charge in [0.2, 0.25) is 0 Å². The first kappa shape index (κ1) is 25.0. The fraction of sp³-hybridized carbons (Fsp3) is 0.379. The molecule has 0 N–H and O–H groups in total. The summed E-state index contributed by atoms with van der Waals surface area (Å²) in [5.41, 5.74) is 9.19. The van der Waals surface area contributed by atoms with Crippen LogP contribution in [-0.2, 0) is 24.4 Å². The lowest BCUT2D eigenvalue weighted by Crippen LogP contribution is -2.29. The van der Waals surface area contributed by atoms with E-state index in [1.807, 2.05) is 6.07 Å². The van der Waals surface area contributed by atoms with Gasteiger partial charge >= 0.3 is 0 Å². The SMILES string of the molecule is COCCOCCC1(CCOCCOC)c2ccccc2-c2ccc(-c3cccc4nsnc34)cc21. The third-order valence-corrected chi connectivity index (χ3v) is 7.62. The minimum atomic E-state index is -0.212. The summed E-state index contributed by atoms with van der Waals surface area (Å²) in [6, 6.07) is 21.8. The average molecular weight is 505 g/mol. The number of ether oxygens (including phenoxy) is 4. The largest absolute Gasteiger partial charge is 0.382 e. The van der Waals surface area contributed by atoms with Gasteiger partial charge in [0.1, 0.15) is 11.0 Å². The van der Waals surface area contributed by atoms with Crippen molar-refractivity contribution >= 4 is 22.8 Å². The van der Waals surface area contributed by atoms with E-state index in [1.54, 1.807) is 14.2 Å². The zero-order chi connectivity index (χ0) is 24.8. The van der Waals surface area contributed by atoms with Crippen molar-refractivity contribution in [2.24, 2.45) is 0 Å². The maximum absolute atomic E-state index is 6.00. The lowest BCUT2D eigenvalue weighted by Gasteiger charge is -2.32. The van der Waals surface area contributed by atoms with E-state index < -0.39 is 0 Å². The van der Waals surface area contributed by atoms with Crippen molar-refractivity contribution in [1.82, 2.24) is 8.75 Å². The first-order chi connectivity index (χ1) is 17.8. The van der Waals surface area contributed by atoms with Gasteiger partial charge in [-0.3, -0.25) is 0 Å². The molecule has 0 aliphatic heterocycles. The average Bonchev–Trinajstić information content (AvgIpc) is 3.50. The van der Waals surface area contributed by atoms with Gasteiger partial charge in [0.15, 0.2) is 0 Å². The van der Waals surface area contributed by atoms with Crippen LogP contribution in [0.4, 0.5) is 0 Å². The molecule has 1 heterocycles. The highest BCUT2D eigenvalue weighted by molar-refractivity contribution is 7.00. The number of aromatic nitrogens is 2. The Morgan fingerprint density at radius 3 is 2.11 bits per heavy atom. The first-order valence-electron chi connectivity index (χ1n) is 12.4. The van der Waals surface area contributed by atoms with Crippen LogP contribution < -0.4 is 0 Å². The maximum atomic E-state index is 6.00. The molecule has 0 radical (unpaired) electrons. The van der Waals surface area contributed by atoms with E-state index in [1.165, 1.54) is 34.0 Å². The summed E-state index contributed by atoms with van der Waals surface area (Å²) in [6.07, 6.45) is 1.72. The van der Waals surface area contributed by atoms with Crippen LogP contribution in [0.2, 0.25) is 0 Å². The molecule has 0 amide bonds. The number of hydrogen-bond donors (Lipinski definition) is 0. The Hall–Kier alpha value is -2.68. The van der Waals surface area contributed by atoms with Crippen molar-refractivity contribution in [2.75, 3.05) is 53.9 Å².